The Bertz CT molecular complexity index is 1400. The molecule has 0 unspecified atom stereocenters. The number of H-pyrrole nitrogens is 2. The van der Waals surface area contributed by atoms with Crippen molar-refractivity contribution in [3.8, 4) is 11.6 Å². The molecule has 1 aliphatic heterocycles. The lowest BCUT2D eigenvalue weighted by molar-refractivity contribution is 0.382. The van der Waals surface area contributed by atoms with E-state index in [1.165, 1.54) is 4.57 Å². The largest absolute Gasteiger partial charge is 0.497 e. The Morgan fingerprint density at radius 1 is 1.12 bits per heavy atom. The SMILES string of the molecule is COc1ccc2[nH]c3c(c2c1)CCN[C@@H]3c1c(O)n(CCc2ccccc2)c(=O)[nH]c1=O. The van der Waals surface area contributed by atoms with Gasteiger partial charge in [0.2, 0.25) is 5.88 Å². The molecular weight excluding hydrogens is 408 g/mol. The van der Waals surface area contributed by atoms with Crippen LogP contribution in [0.2, 0.25) is 0 Å². The summed E-state index contributed by atoms with van der Waals surface area (Å²) in [5, 5.41) is 15.4. The summed E-state index contributed by atoms with van der Waals surface area (Å²) in [6, 6.07) is 14.9. The van der Waals surface area contributed by atoms with E-state index in [-0.39, 0.29) is 18.0 Å². The number of aromatic hydroxyl groups is 1. The van der Waals surface area contributed by atoms with Crippen LogP contribution in [0, 0.1) is 0 Å². The van der Waals surface area contributed by atoms with Gasteiger partial charge in [-0.15, -0.1) is 0 Å². The fraction of sp³-hybridized carbons (Fsp3) is 0.250. The number of aromatic nitrogens is 3. The summed E-state index contributed by atoms with van der Waals surface area (Å²) in [5.74, 6) is 0.445. The van der Waals surface area contributed by atoms with Crippen molar-refractivity contribution in [2.24, 2.45) is 0 Å². The average Bonchev–Trinajstić information content (AvgIpc) is 3.18. The van der Waals surface area contributed by atoms with Crippen LogP contribution in [-0.4, -0.2) is 33.3 Å². The Hall–Kier alpha value is -3.78. The molecule has 1 aliphatic rings. The minimum atomic E-state index is -0.621. The van der Waals surface area contributed by atoms with E-state index in [9.17, 15) is 14.7 Å². The first kappa shape index (κ1) is 20.1. The van der Waals surface area contributed by atoms with Gasteiger partial charge in [0.25, 0.3) is 5.56 Å². The predicted octanol–water partition coefficient (Wildman–Crippen LogP) is 2.21. The Morgan fingerprint density at radius 3 is 2.72 bits per heavy atom. The maximum atomic E-state index is 12.8. The van der Waals surface area contributed by atoms with Crippen LogP contribution in [0.15, 0.2) is 58.1 Å². The first-order valence-corrected chi connectivity index (χ1v) is 10.6. The molecule has 0 amide bonds. The van der Waals surface area contributed by atoms with Crippen molar-refractivity contribution < 1.29 is 9.84 Å². The van der Waals surface area contributed by atoms with Crippen molar-refractivity contribution in [1.82, 2.24) is 19.9 Å². The van der Waals surface area contributed by atoms with Gasteiger partial charge in [-0.25, -0.2) is 4.79 Å². The zero-order valence-corrected chi connectivity index (χ0v) is 17.6. The minimum Gasteiger partial charge on any atom is -0.497 e. The number of hydrogen-bond donors (Lipinski definition) is 4. The number of nitrogens with zero attached hydrogens (tertiary/aromatic N) is 1. The molecule has 0 radical (unpaired) electrons. The van der Waals surface area contributed by atoms with Gasteiger partial charge in [0.05, 0.1) is 13.2 Å². The van der Waals surface area contributed by atoms with Crippen molar-refractivity contribution in [1.29, 1.82) is 0 Å². The number of aromatic amines is 2. The molecule has 32 heavy (non-hydrogen) atoms. The van der Waals surface area contributed by atoms with Crippen molar-refractivity contribution in [2.45, 2.75) is 25.4 Å². The van der Waals surface area contributed by atoms with Crippen LogP contribution in [0.4, 0.5) is 0 Å². The van der Waals surface area contributed by atoms with Gasteiger partial charge in [-0.1, -0.05) is 30.3 Å². The molecule has 164 valence electrons. The molecule has 0 spiro atoms. The Balaban J connectivity index is 1.58. The van der Waals surface area contributed by atoms with Crippen LogP contribution in [0.25, 0.3) is 10.9 Å². The predicted molar refractivity (Wildman–Crippen MR) is 122 cm³/mol. The first-order chi connectivity index (χ1) is 15.6. The summed E-state index contributed by atoms with van der Waals surface area (Å²) in [6.45, 7) is 0.881. The summed E-state index contributed by atoms with van der Waals surface area (Å²) in [7, 11) is 1.63. The van der Waals surface area contributed by atoms with E-state index in [4.69, 9.17) is 4.74 Å². The first-order valence-electron chi connectivity index (χ1n) is 10.6. The molecule has 1 atom stereocenters. The second kappa shape index (κ2) is 8.05. The standard InChI is InChI=1S/C24H24N4O4/c1-32-15-7-8-18-17(13-15)16-9-11-25-21(20(16)26-18)19-22(29)27-24(31)28(23(19)30)12-10-14-5-3-2-4-6-14/h2-8,13,21,25-26,30H,9-12H2,1H3,(H,27,29,31)/t21-/m1/s1. The van der Waals surface area contributed by atoms with Crippen LogP contribution in [0.1, 0.15) is 28.4 Å². The maximum Gasteiger partial charge on any atom is 0.331 e. The van der Waals surface area contributed by atoms with E-state index in [0.717, 1.165) is 39.9 Å². The van der Waals surface area contributed by atoms with Gasteiger partial charge >= 0.3 is 5.69 Å². The number of aryl methyl sites for hydroxylation is 1. The van der Waals surface area contributed by atoms with Crippen LogP contribution < -0.4 is 21.3 Å². The van der Waals surface area contributed by atoms with Crippen molar-refractivity contribution in [3.05, 3.63) is 91.8 Å². The number of rotatable bonds is 5. The van der Waals surface area contributed by atoms with Crippen LogP contribution in [0.5, 0.6) is 11.6 Å². The van der Waals surface area contributed by atoms with Crippen molar-refractivity contribution in [2.75, 3.05) is 13.7 Å². The molecule has 2 aromatic carbocycles. The highest BCUT2D eigenvalue weighted by molar-refractivity contribution is 5.86. The number of nitrogens with one attached hydrogen (secondary N) is 3. The monoisotopic (exact) mass is 432 g/mol. The highest BCUT2D eigenvalue weighted by atomic mass is 16.5. The molecule has 5 rings (SSSR count). The smallest absolute Gasteiger partial charge is 0.331 e. The van der Waals surface area contributed by atoms with Crippen LogP contribution in [0.3, 0.4) is 0 Å². The number of methoxy groups -OCH3 is 1. The number of ether oxygens (including phenoxy) is 1. The molecule has 8 nitrogen and oxygen atoms in total. The fourth-order valence-corrected chi connectivity index (χ4v) is 4.51. The van der Waals surface area contributed by atoms with Crippen molar-refractivity contribution in [3.63, 3.8) is 0 Å². The molecule has 0 aliphatic carbocycles. The normalized spacial score (nSPS) is 15.6. The van der Waals surface area contributed by atoms with E-state index in [1.807, 2.05) is 48.5 Å². The summed E-state index contributed by atoms with van der Waals surface area (Å²) >= 11 is 0. The molecule has 4 aromatic rings. The Kier molecular flexibility index (Phi) is 5.07. The van der Waals surface area contributed by atoms with Gasteiger partial charge in [0, 0.05) is 29.7 Å². The van der Waals surface area contributed by atoms with Gasteiger partial charge < -0.3 is 20.1 Å². The summed E-state index contributed by atoms with van der Waals surface area (Å²) < 4.78 is 6.59. The highest BCUT2D eigenvalue weighted by Gasteiger charge is 2.31. The third-order valence-electron chi connectivity index (χ3n) is 6.12. The van der Waals surface area contributed by atoms with Crippen molar-refractivity contribution >= 4 is 10.9 Å². The number of fused-ring (bicyclic) bond motifs is 3. The van der Waals surface area contributed by atoms with Gasteiger partial charge in [-0.3, -0.25) is 14.3 Å². The summed E-state index contributed by atoms with van der Waals surface area (Å²) in [5.41, 5.74) is 2.77. The summed E-state index contributed by atoms with van der Waals surface area (Å²) in [6.07, 6.45) is 1.32. The number of hydrogen-bond acceptors (Lipinski definition) is 5. The second-order valence-corrected chi connectivity index (χ2v) is 7.95. The van der Waals surface area contributed by atoms with Gasteiger partial charge in [-0.05, 0) is 42.2 Å². The van der Waals surface area contributed by atoms with E-state index < -0.39 is 17.3 Å². The molecule has 3 heterocycles. The van der Waals surface area contributed by atoms with Gasteiger partial charge in [-0.2, -0.15) is 0 Å². The average molecular weight is 432 g/mol. The fourth-order valence-electron chi connectivity index (χ4n) is 4.51. The second-order valence-electron chi connectivity index (χ2n) is 7.95. The van der Waals surface area contributed by atoms with Gasteiger partial charge in [0.1, 0.15) is 11.3 Å². The van der Waals surface area contributed by atoms with E-state index in [1.54, 1.807) is 7.11 Å². The molecule has 4 N–H and O–H groups in total. The van der Waals surface area contributed by atoms with E-state index in [2.05, 4.69) is 15.3 Å². The van der Waals surface area contributed by atoms with E-state index >= 15 is 0 Å². The maximum absolute atomic E-state index is 12.8. The van der Waals surface area contributed by atoms with E-state index in [0.29, 0.717) is 13.0 Å². The molecule has 0 fully saturated rings. The molecule has 2 aromatic heterocycles. The third kappa shape index (κ3) is 3.38. The lowest BCUT2D eigenvalue weighted by atomic mass is 9.95. The zero-order valence-electron chi connectivity index (χ0n) is 17.6. The lowest BCUT2D eigenvalue weighted by Gasteiger charge is -2.25. The topological polar surface area (TPSA) is 112 Å². The zero-order chi connectivity index (χ0) is 22.2. The molecule has 8 heteroatoms. The minimum absolute atomic E-state index is 0.136. The van der Waals surface area contributed by atoms with Crippen LogP contribution >= 0.6 is 0 Å². The molecule has 0 bridgehead atoms. The Morgan fingerprint density at radius 2 is 1.94 bits per heavy atom. The molecule has 0 saturated carbocycles. The quantitative estimate of drug-likeness (QED) is 0.386. The molecular formula is C24H24N4O4. The van der Waals surface area contributed by atoms with Crippen LogP contribution in [-0.2, 0) is 19.4 Å². The number of benzene rings is 2. The van der Waals surface area contributed by atoms with Gasteiger partial charge in [0.15, 0.2) is 0 Å². The lowest BCUT2D eigenvalue weighted by Crippen LogP contribution is -2.39. The Labute approximate surface area is 183 Å². The third-order valence-corrected chi connectivity index (χ3v) is 6.12. The molecule has 0 saturated heterocycles. The summed E-state index contributed by atoms with van der Waals surface area (Å²) in [4.78, 5) is 31.1. The highest BCUT2D eigenvalue weighted by Crippen LogP contribution is 2.36.